The van der Waals surface area contributed by atoms with Gasteiger partial charge in [0.25, 0.3) is 0 Å². The molecule has 1 fully saturated rings. The maximum atomic E-state index is 14.5. The fourth-order valence-electron chi connectivity index (χ4n) is 4.46. The molecule has 0 saturated carbocycles. The van der Waals surface area contributed by atoms with Crippen molar-refractivity contribution in [1.29, 1.82) is 0 Å². The van der Waals surface area contributed by atoms with Gasteiger partial charge in [0.15, 0.2) is 4.77 Å². The Hall–Kier alpha value is -1.32. The van der Waals surface area contributed by atoms with Gasteiger partial charge in [-0.05, 0) is 44.2 Å². The second-order valence-electron chi connectivity index (χ2n) is 7.87. The zero-order valence-corrected chi connectivity index (χ0v) is 17.9. The summed E-state index contributed by atoms with van der Waals surface area (Å²) < 4.78 is 38.7. The molecule has 0 radical (unpaired) electrons. The quantitative estimate of drug-likeness (QED) is 0.437. The first-order chi connectivity index (χ1) is 13.8. The predicted octanol–water partition coefficient (Wildman–Crippen LogP) is 3.41. The minimum absolute atomic E-state index is 0.00461. The highest BCUT2D eigenvalue weighted by Crippen LogP contribution is 2.37. The Kier molecular flexibility index (Phi) is 5.83. The molecule has 2 aliphatic rings. The SMILES string of the molecule is CN(C(O)Cc1c2n(c(=S)n1C)C[C@H](c1c(F)ccc(Cl)c1F)C2)[C@@H]1CCOC1. The van der Waals surface area contributed by atoms with E-state index in [1.165, 1.54) is 12.1 Å². The molecule has 1 unspecified atom stereocenters. The Morgan fingerprint density at radius 2 is 2.17 bits per heavy atom. The topological polar surface area (TPSA) is 42.6 Å². The number of hydrogen-bond acceptors (Lipinski definition) is 4. The number of hydrogen-bond donors (Lipinski definition) is 1. The highest BCUT2D eigenvalue weighted by Gasteiger charge is 2.34. The van der Waals surface area contributed by atoms with Crippen LogP contribution in [0.15, 0.2) is 12.1 Å². The van der Waals surface area contributed by atoms with Crippen LogP contribution >= 0.6 is 23.8 Å². The van der Waals surface area contributed by atoms with E-state index >= 15 is 0 Å². The van der Waals surface area contributed by atoms with E-state index in [9.17, 15) is 13.9 Å². The minimum atomic E-state index is -0.708. The van der Waals surface area contributed by atoms with E-state index in [2.05, 4.69) is 0 Å². The number of aliphatic hydroxyl groups is 1. The Labute approximate surface area is 178 Å². The van der Waals surface area contributed by atoms with Crippen molar-refractivity contribution in [2.45, 2.75) is 44.0 Å². The molecular weight excluding hydrogens is 420 g/mol. The van der Waals surface area contributed by atoms with E-state index in [1.54, 1.807) is 0 Å². The van der Waals surface area contributed by atoms with Crippen LogP contribution in [-0.2, 0) is 31.2 Å². The predicted molar refractivity (Wildman–Crippen MR) is 109 cm³/mol. The van der Waals surface area contributed by atoms with Crippen LogP contribution in [0.2, 0.25) is 5.02 Å². The van der Waals surface area contributed by atoms with Crippen LogP contribution < -0.4 is 0 Å². The Balaban J connectivity index is 1.61. The second-order valence-corrected chi connectivity index (χ2v) is 8.64. The van der Waals surface area contributed by atoms with Gasteiger partial charge in [0.1, 0.15) is 17.9 Å². The lowest BCUT2D eigenvalue weighted by molar-refractivity contribution is -0.00882. The first-order valence-electron chi connectivity index (χ1n) is 9.68. The van der Waals surface area contributed by atoms with Crippen LogP contribution in [-0.4, -0.2) is 51.7 Å². The van der Waals surface area contributed by atoms with Crippen molar-refractivity contribution in [3.8, 4) is 0 Å². The number of benzene rings is 1. The number of imidazole rings is 1. The Bertz CT molecular complexity index is 987. The van der Waals surface area contributed by atoms with Crippen molar-refractivity contribution in [3.63, 3.8) is 0 Å². The van der Waals surface area contributed by atoms with Crippen LogP contribution in [0.25, 0.3) is 0 Å². The van der Waals surface area contributed by atoms with Gasteiger partial charge in [0.2, 0.25) is 0 Å². The molecule has 1 aromatic carbocycles. The molecule has 158 valence electrons. The number of ether oxygens (including phenoxy) is 1. The lowest BCUT2D eigenvalue weighted by Crippen LogP contribution is -2.42. The fourth-order valence-corrected chi connectivity index (χ4v) is 4.92. The van der Waals surface area contributed by atoms with Gasteiger partial charge in [-0.3, -0.25) is 4.90 Å². The summed E-state index contributed by atoms with van der Waals surface area (Å²) in [4.78, 5) is 1.92. The summed E-state index contributed by atoms with van der Waals surface area (Å²) in [6.07, 6.45) is 1.00. The summed E-state index contributed by atoms with van der Waals surface area (Å²) in [6.45, 7) is 1.69. The third kappa shape index (κ3) is 3.65. The molecule has 0 amide bonds. The molecule has 29 heavy (non-hydrogen) atoms. The van der Waals surface area contributed by atoms with E-state index in [-0.39, 0.29) is 22.5 Å². The van der Waals surface area contributed by atoms with Crippen LogP contribution in [0.1, 0.15) is 29.3 Å². The van der Waals surface area contributed by atoms with Crippen LogP contribution in [0.3, 0.4) is 0 Å². The first kappa shape index (κ1) is 20.9. The van der Waals surface area contributed by atoms with E-state index in [1.807, 2.05) is 28.1 Å². The average Bonchev–Trinajstić information content (AvgIpc) is 3.41. The largest absolute Gasteiger partial charge is 0.380 e. The van der Waals surface area contributed by atoms with E-state index in [0.29, 0.717) is 37.4 Å². The van der Waals surface area contributed by atoms with Gasteiger partial charge in [-0.15, -0.1) is 0 Å². The lowest BCUT2D eigenvalue weighted by Gasteiger charge is -2.28. The molecule has 0 spiro atoms. The Morgan fingerprint density at radius 1 is 1.41 bits per heavy atom. The number of halogens is 3. The van der Waals surface area contributed by atoms with Crippen LogP contribution in [0.4, 0.5) is 8.78 Å². The highest BCUT2D eigenvalue weighted by molar-refractivity contribution is 7.71. The van der Waals surface area contributed by atoms with Gasteiger partial charge in [0, 0.05) is 55.5 Å². The number of rotatable bonds is 5. The van der Waals surface area contributed by atoms with E-state index in [4.69, 9.17) is 28.6 Å². The summed E-state index contributed by atoms with van der Waals surface area (Å²) in [5.74, 6) is -1.69. The molecule has 3 heterocycles. The third-order valence-electron chi connectivity index (χ3n) is 6.24. The summed E-state index contributed by atoms with van der Waals surface area (Å²) in [6, 6.07) is 2.61. The molecule has 3 atom stereocenters. The molecule has 1 N–H and O–H groups in total. The molecule has 1 saturated heterocycles. The van der Waals surface area contributed by atoms with Gasteiger partial charge < -0.3 is 19.0 Å². The van der Waals surface area contributed by atoms with Crippen LogP contribution in [0.5, 0.6) is 0 Å². The van der Waals surface area contributed by atoms with Crippen molar-refractivity contribution in [3.05, 3.63) is 50.5 Å². The summed E-state index contributed by atoms with van der Waals surface area (Å²) in [7, 11) is 3.75. The van der Waals surface area contributed by atoms with Crippen molar-refractivity contribution in [1.82, 2.24) is 14.0 Å². The summed E-state index contributed by atoms with van der Waals surface area (Å²) in [5, 5.41) is 10.7. The zero-order chi connectivity index (χ0) is 20.9. The van der Waals surface area contributed by atoms with E-state index < -0.39 is 17.9 Å². The van der Waals surface area contributed by atoms with Crippen molar-refractivity contribution in [2.75, 3.05) is 20.3 Å². The summed E-state index contributed by atoms with van der Waals surface area (Å²) in [5.41, 5.74) is 1.81. The van der Waals surface area contributed by atoms with Gasteiger partial charge in [-0.2, -0.15) is 0 Å². The van der Waals surface area contributed by atoms with Crippen molar-refractivity contribution in [2.24, 2.45) is 7.05 Å². The fraction of sp³-hybridized carbons (Fsp3) is 0.550. The number of aliphatic hydroxyl groups excluding tert-OH is 1. The maximum absolute atomic E-state index is 14.5. The zero-order valence-electron chi connectivity index (χ0n) is 16.4. The number of aromatic nitrogens is 2. The van der Waals surface area contributed by atoms with E-state index in [0.717, 1.165) is 17.8 Å². The van der Waals surface area contributed by atoms with Gasteiger partial charge >= 0.3 is 0 Å². The summed E-state index contributed by atoms with van der Waals surface area (Å²) >= 11 is 11.4. The first-order valence-corrected chi connectivity index (χ1v) is 10.5. The molecule has 5 nitrogen and oxygen atoms in total. The lowest BCUT2D eigenvalue weighted by atomic mass is 9.95. The van der Waals surface area contributed by atoms with Gasteiger partial charge in [0.05, 0.1) is 11.6 Å². The monoisotopic (exact) mass is 443 g/mol. The minimum Gasteiger partial charge on any atom is -0.380 e. The maximum Gasteiger partial charge on any atom is 0.179 e. The highest BCUT2D eigenvalue weighted by atomic mass is 35.5. The normalized spacial score (nSPS) is 22.4. The molecule has 0 bridgehead atoms. The molecule has 0 aliphatic carbocycles. The average molecular weight is 444 g/mol. The molecule has 2 aliphatic heterocycles. The molecule has 2 aromatic rings. The van der Waals surface area contributed by atoms with Crippen LogP contribution in [0, 0.1) is 16.4 Å². The number of nitrogens with zero attached hydrogens (tertiary/aromatic N) is 3. The number of likely N-dealkylation sites (N-methyl/N-ethyl adjacent to an activating group) is 1. The second kappa shape index (κ2) is 8.07. The van der Waals surface area contributed by atoms with Crippen molar-refractivity contribution >= 4 is 23.8 Å². The van der Waals surface area contributed by atoms with Gasteiger partial charge in [-0.25, -0.2) is 8.78 Å². The molecule has 9 heteroatoms. The smallest absolute Gasteiger partial charge is 0.179 e. The molecule has 4 rings (SSSR count). The van der Waals surface area contributed by atoms with Gasteiger partial charge in [-0.1, -0.05) is 11.6 Å². The van der Waals surface area contributed by atoms with Crippen molar-refractivity contribution < 1.29 is 18.6 Å². The molecular formula is C20H24ClF2N3O2S. The standard InChI is InChI=1S/C20H24ClF2N3O2S/c1-24(12-5-6-28-10-12)17(27)8-15-16-7-11(9-26(16)20(29)25(15)2)18-14(22)4-3-13(21)19(18)23/h3-4,11-12,17,27H,5-10H2,1-2H3/t11-,12-,17?/m1/s1. The Morgan fingerprint density at radius 3 is 2.86 bits per heavy atom. The third-order valence-corrected chi connectivity index (χ3v) is 7.03. The molecule has 1 aromatic heterocycles. The number of fused-ring (bicyclic) bond motifs is 1.